The van der Waals surface area contributed by atoms with Crippen molar-refractivity contribution in [2.45, 2.75) is 27.7 Å². The maximum absolute atomic E-state index is 12.6. The van der Waals surface area contributed by atoms with E-state index in [2.05, 4.69) is 24.1 Å². The van der Waals surface area contributed by atoms with Gasteiger partial charge in [0.1, 0.15) is 0 Å². The second kappa shape index (κ2) is 9.76. The van der Waals surface area contributed by atoms with Crippen molar-refractivity contribution in [1.29, 1.82) is 0 Å². The lowest BCUT2D eigenvalue weighted by molar-refractivity contribution is 0.0773. The van der Waals surface area contributed by atoms with E-state index >= 15 is 0 Å². The molecule has 0 bridgehead atoms. The number of carbonyl (C=O) groups excluding carboxylic acids is 2. The van der Waals surface area contributed by atoms with Gasteiger partial charge < -0.3 is 15.1 Å². The SMILES string of the molecule is CCN(CC)C(=O)c1cccc(C(=O)Nc2ccc(N(CC)CC)cc2)c1. The molecular formula is C22H29N3O2. The van der Waals surface area contributed by atoms with Crippen LogP contribution in [0.2, 0.25) is 0 Å². The number of benzene rings is 2. The molecule has 0 fully saturated rings. The third-order valence-electron chi connectivity index (χ3n) is 4.68. The fraction of sp³-hybridized carbons (Fsp3) is 0.364. The van der Waals surface area contributed by atoms with Crippen molar-refractivity contribution in [3.05, 3.63) is 59.7 Å². The third kappa shape index (κ3) is 5.09. The molecule has 0 aromatic heterocycles. The monoisotopic (exact) mass is 367 g/mol. The van der Waals surface area contributed by atoms with Crippen LogP contribution in [0.25, 0.3) is 0 Å². The van der Waals surface area contributed by atoms with Crippen molar-refractivity contribution < 1.29 is 9.59 Å². The zero-order chi connectivity index (χ0) is 19.8. The van der Waals surface area contributed by atoms with Gasteiger partial charge in [-0.3, -0.25) is 9.59 Å². The fourth-order valence-corrected chi connectivity index (χ4v) is 3.03. The molecule has 0 saturated carbocycles. The number of hydrogen-bond acceptors (Lipinski definition) is 3. The van der Waals surface area contributed by atoms with Crippen LogP contribution in [0.4, 0.5) is 11.4 Å². The van der Waals surface area contributed by atoms with Gasteiger partial charge >= 0.3 is 0 Å². The van der Waals surface area contributed by atoms with Crippen LogP contribution in [0, 0.1) is 0 Å². The van der Waals surface area contributed by atoms with Crippen LogP contribution in [0.5, 0.6) is 0 Å². The molecular weight excluding hydrogens is 338 g/mol. The van der Waals surface area contributed by atoms with Crippen molar-refractivity contribution >= 4 is 23.2 Å². The van der Waals surface area contributed by atoms with E-state index in [1.54, 1.807) is 29.2 Å². The summed E-state index contributed by atoms with van der Waals surface area (Å²) in [6, 6.07) is 14.7. The summed E-state index contributed by atoms with van der Waals surface area (Å²) in [5.41, 5.74) is 2.87. The molecule has 5 nitrogen and oxygen atoms in total. The van der Waals surface area contributed by atoms with E-state index in [0.717, 1.165) is 24.5 Å². The summed E-state index contributed by atoms with van der Waals surface area (Å²) in [4.78, 5) is 29.1. The van der Waals surface area contributed by atoms with Gasteiger partial charge in [0, 0.05) is 48.7 Å². The van der Waals surface area contributed by atoms with Gasteiger partial charge in [-0.05, 0) is 70.2 Å². The van der Waals surface area contributed by atoms with E-state index in [-0.39, 0.29) is 11.8 Å². The molecule has 0 unspecified atom stereocenters. The first-order valence-electron chi connectivity index (χ1n) is 9.59. The summed E-state index contributed by atoms with van der Waals surface area (Å²) in [6.07, 6.45) is 0. The summed E-state index contributed by atoms with van der Waals surface area (Å²) in [5, 5.41) is 2.90. The quantitative estimate of drug-likeness (QED) is 0.758. The van der Waals surface area contributed by atoms with Crippen molar-refractivity contribution in [3.63, 3.8) is 0 Å². The molecule has 0 radical (unpaired) electrons. The maximum Gasteiger partial charge on any atom is 0.255 e. The highest BCUT2D eigenvalue weighted by Crippen LogP contribution is 2.18. The van der Waals surface area contributed by atoms with E-state index in [1.807, 2.05) is 38.1 Å². The Kier molecular flexibility index (Phi) is 7.41. The highest BCUT2D eigenvalue weighted by atomic mass is 16.2. The molecule has 0 aliphatic rings. The summed E-state index contributed by atoms with van der Waals surface area (Å²) in [5.74, 6) is -0.280. The number of rotatable bonds is 8. The highest BCUT2D eigenvalue weighted by molar-refractivity contribution is 6.06. The first-order valence-corrected chi connectivity index (χ1v) is 9.59. The fourth-order valence-electron chi connectivity index (χ4n) is 3.03. The predicted octanol–water partition coefficient (Wildman–Crippen LogP) is 4.27. The molecule has 0 spiro atoms. The highest BCUT2D eigenvalue weighted by Gasteiger charge is 2.15. The van der Waals surface area contributed by atoms with Gasteiger partial charge in [-0.25, -0.2) is 0 Å². The van der Waals surface area contributed by atoms with Gasteiger partial charge in [-0.1, -0.05) is 6.07 Å². The molecule has 2 aromatic carbocycles. The van der Waals surface area contributed by atoms with Crippen molar-refractivity contribution in [2.75, 3.05) is 36.4 Å². The molecule has 0 aliphatic heterocycles. The number of nitrogens with one attached hydrogen (secondary N) is 1. The van der Waals surface area contributed by atoms with Gasteiger partial charge in [0.2, 0.25) is 0 Å². The Hall–Kier alpha value is -2.82. The average Bonchev–Trinajstić information content (AvgIpc) is 2.71. The Morgan fingerprint density at radius 2 is 1.41 bits per heavy atom. The molecule has 0 heterocycles. The Labute approximate surface area is 162 Å². The number of anilines is 2. The number of nitrogens with zero attached hydrogens (tertiary/aromatic N) is 2. The Bertz CT molecular complexity index is 763. The minimum atomic E-state index is -0.222. The second-order valence-corrected chi connectivity index (χ2v) is 6.23. The van der Waals surface area contributed by atoms with Gasteiger partial charge in [-0.15, -0.1) is 0 Å². The lowest BCUT2D eigenvalue weighted by Gasteiger charge is -2.21. The molecule has 2 aromatic rings. The van der Waals surface area contributed by atoms with Crippen LogP contribution in [0.15, 0.2) is 48.5 Å². The van der Waals surface area contributed by atoms with Crippen LogP contribution < -0.4 is 10.2 Å². The standard InChI is InChI=1S/C22H29N3O2/c1-5-24(6-2)20-14-12-19(13-15-20)23-21(26)17-10-9-11-18(16-17)22(27)25(7-3)8-4/h9-16H,5-8H2,1-4H3,(H,23,26). The van der Waals surface area contributed by atoms with Gasteiger partial charge in [0.25, 0.3) is 11.8 Å². The summed E-state index contributed by atoms with van der Waals surface area (Å²) in [7, 11) is 0. The average molecular weight is 367 g/mol. The second-order valence-electron chi connectivity index (χ2n) is 6.23. The predicted molar refractivity (Wildman–Crippen MR) is 112 cm³/mol. The summed E-state index contributed by atoms with van der Waals surface area (Å²) >= 11 is 0. The van der Waals surface area contributed by atoms with Crippen molar-refractivity contribution in [2.24, 2.45) is 0 Å². The Morgan fingerprint density at radius 3 is 1.96 bits per heavy atom. The van der Waals surface area contributed by atoms with Crippen LogP contribution in [-0.4, -0.2) is 42.9 Å². The molecule has 0 aliphatic carbocycles. The van der Waals surface area contributed by atoms with E-state index < -0.39 is 0 Å². The topological polar surface area (TPSA) is 52.7 Å². The molecule has 27 heavy (non-hydrogen) atoms. The van der Waals surface area contributed by atoms with Crippen molar-refractivity contribution in [1.82, 2.24) is 4.90 Å². The molecule has 2 rings (SSSR count). The minimum Gasteiger partial charge on any atom is -0.372 e. The number of carbonyl (C=O) groups is 2. The van der Waals surface area contributed by atoms with E-state index in [9.17, 15) is 9.59 Å². The summed E-state index contributed by atoms with van der Waals surface area (Å²) < 4.78 is 0. The zero-order valence-electron chi connectivity index (χ0n) is 16.7. The Balaban J connectivity index is 2.12. The largest absolute Gasteiger partial charge is 0.372 e. The first kappa shape index (κ1) is 20.5. The number of hydrogen-bond donors (Lipinski definition) is 1. The van der Waals surface area contributed by atoms with E-state index in [0.29, 0.717) is 24.2 Å². The molecule has 144 valence electrons. The van der Waals surface area contributed by atoms with Gasteiger partial charge in [-0.2, -0.15) is 0 Å². The zero-order valence-corrected chi connectivity index (χ0v) is 16.7. The third-order valence-corrected chi connectivity index (χ3v) is 4.68. The Morgan fingerprint density at radius 1 is 0.815 bits per heavy atom. The van der Waals surface area contributed by atoms with E-state index in [1.165, 1.54) is 0 Å². The molecule has 1 N–H and O–H groups in total. The minimum absolute atomic E-state index is 0.0572. The molecule has 0 saturated heterocycles. The number of amides is 2. The molecule has 2 amide bonds. The lowest BCUT2D eigenvalue weighted by atomic mass is 10.1. The van der Waals surface area contributed by atoms with Gasteiger partial charge in [0.05, 0.1) is 0 Å². The van der Waals surface area contributed by atoms with Crippen LogP contribution in [-0.2, 0) is 0 Å². The first-order chi connectivity index (χ1) is 13.0. The molecule has 5 heteroatoms. The van der Waals surface area contributed by atoms with Gasteiger partial charge in [0.15, 0.2) is 0 Å². The summed E-state index contributed by atoms with van der Waals surface area (Å²) in [6.45, 7) is 11.3. The molecule has 0 atom stereocenters. The smallest absolute Gasteiger partial charge is 0.255 e. The van der Waals surface area contributed by atoms with Crippen LogP contribution in [0.3, 0.4) is 0 Å². The normalized spacial score (nSPS) is 10.4. The van der Waals surface area contributed by atoms with Crippen LogP contribution >= 0.6 is 0 Å². The maximum atomic E-state index is 12.6. The van der Waals surface area contributed by atoms with Crippen LogP contribution in [0.1, 0.15) is 48.4 Å². The lowest BCUT2D eigenvalue weighted by Crippen LogP contribution is -2.30. The van der Waals surface area contributed by atoms with E-state index in [4.69, 9.17) is 0 Å². The van der Waals surface area contributed by atoms with Crippen molar-refractivity contribution in [3.8, 4) is 0 Å².